The molecule has 0 aliphatic carbocycles. The van der Waals surface area contributed by atoms with E-state index in [4.69, 9.17) is 28.4 Å². The van der Waals surface area contributed by atoms with Crippen molar-refractivity contribution >= 4 is 46.1 Å². The second-order valence-electron chi connectivity index (χ2n) is 14.0. The number of benzene rings is 6. The standard InChI is InChI=1S/C44H40O8P2/c1-43(2)49-38-33(27-36(40(48-6)42(38)52-43)54(46,31-23-15-9-16-24-31)32-25-17-10-18-26-32)37-35(28-34(47-5)39-41(37)51-44(3,4)50-39)53(45,29-19-11-7-12-20-29)30-21-13-8-14-22-30/h7-28H,1-6H3. The van der Waals surface area contributed by atoms with Crippen molar-refractivity contribution in [2.24, 2.45) is 0 Å². The van der Waals surface area contributed by atoms with E-state index in [1.807, 2.05) is 127 Å². The molecule has 0 saturated carbocycles. The number of ether oxygens (including phenoxy) is 6. The van der Waals surface area contributed by atoms with Crippen molar-refractivity contribution in [3.63, 3.8) is 0 Å². The Labute approximate surface area is 315 Å². The highest BCUT2D eigenvalue weighted by molar-refractivity contribution is 7.86. The fourth-order valence-electron chi connectivity index (χ4n) is 7.31. The molecular formula is C44H40O8P2. The second kappa shape index (κ2) is 13.2. The molecule has 0 saturated heterocycles. The van der Waals surface area contributed by atoms with E-state index in [0.29, 0.717) is 66.0 Å². The number of rotatable bonds is 9. The predicted molar refractivity (Wildman–Crippen MR) is 214 cm³/mol. The van der Waals surface area contributed by atoms with Gasteiger partial charge in [0.1, 0.15) is 0 Å². The third-order valence-electron chi connectivity index (χ3n) is 9.59. The molecule has 2 aliphatic heterocycles. The Morgan fingerprint density at radius 2 is 0.852 bits per heavy atom. The van der Waals surface area contributed by atoms with Crippen LogP contribution in [0.1, 0.15) is 27.7 Å². The van der Waals surface area contributed by atoms with Crippen LogP contribution in [0.15, 0.2) is 133 Å². The van der Waals surface area contributed by atoms with Gasteiger partial charge in [0.25, 0.3) is 0 Å². The Balaban J connectivity index is 1.57. The minimum Gasteiger partial charge on any atom is -0.493 e. The first kappa shape index (κ1) is 35.6. The van der Waals surface area contributed by atoms with Crippen molar-refractivity contribution in [3.05, 3.63) is 133 Å². The highest BCUT2D eigenvalue weighted by Crippen LogP contribution is 2.61. The van der Waals surface area contributed by atoms with E-state index < -0.39 is 25.9 Å². The summed E-state index contributed by atoms with van der Waals surface area (Å²) >= 11 is 0. The van der Waals surface area contributed by atoms with Crippen LogP contribution in [0.2, 0.25) is 0 Å². The predicted octanol–water partition coefficient (Wildman–Crippen LogP) is 7.66. The van der Waals surface area contributed by atoms with Gasteiger partial charge in [-0.25, -0.2) is 0 Å². The van der Waals surface area contributed by atoms with Gasteiger partial charge in [-0.15, -0.1) is 0 Å². The second-order valence-corrected chi connectivity index (χ2v) is 19.5. The van der Waals surface area contributed by atoms with Gasteiger partial charge in [-0.05, 0) is 12.1 Å². The lowest BCUT2D eigenvalue weighted by atomic mass is 10.0. The van der Waals surface area contributed by atoms with Crippen molar-refractivity contribution in [1.29, 1.82) is 0 Å². The molecule has 0 aromatic heterocycles. The summed E-state index contributed by atoms with van der Waals surface area (Å²) in [5.74, 6) is -0.410. The van der Waals surface area contributed by atoms with Gasteiger partial charge in [0.15, 0.2) is 37.3 Å². The highest BCUT2D eigenvalue weighted by Gasteiger charge is 2.47. The van der Waals surface area contributed by atoms with Gasteiger partial charge in [0, 0.05) is 65.3 Å². The molecule has 0 bridgehead atoms. The molecular weight excluding hydrogens is 718 g/mol. The molecule has 54 heavy (non-hydrogen) atoms. The summed E-state index contributed by atoms with van der Waals surface area (Å²) in [6.07, 6.45) is 0. The van der Waals surface area contributed by atoms with Crippen LogP contribution in [-0.4, -0.2) is 25.8 Å². The lowest BCUT2D eigenvalue weighted by Crippen LogP contribution is -2.30. The molecule has 0 radical (unpaired) electrons. The molecule has 0 amide bonds. The summed E-state index contributed by atoms with van der Waals surface area (Å²) in [5.41, 5.74) is 0.877. The Morgan fingerprint density at radius 3 is 1.28 bits per heavy atom. The molecule has 0 atom stereocenters. The van der Waals surface area contributed by atoms with E-state index in [0.717, 1.165) is 0 Å². The molecule has 10 heteroatoms. The minimum atomic E-state index is -3.75. The van der Waals surface area contributed by atoms with Crippen molar-refractivity contribution in [1.82, 2.24) is 0 Å². The summed E-state index contributed by atoms with van der Waals surface area (Å²) in [7, 11) is -4.39. The lowest BCUT2D eigenvalue weighted by Gasteiger charge is -2.27. The van der Waals surface area contributed by atoms with Gasteiger partial charge in [-0.2, -0.15) is 0 Å². The minimum absolute atomic E-state index is 0.269. The Morgan fingerprint density at radius 1 is 0.463 bits per heavy atom. The third kappa shape index (κ3) is 5.68. The SMILES string of the molecule is COc1cc(P(=O)(c2ccccc2)c2ccccc2)c(-c2cc(P(=O)(c3ccccc3)c3ccccc3)c(OC)c3c2OC(C)(C)O3)c2c1OC(C)(C)O2. The maximum atomic E-state index is 16.4. The maximum absolute atomic E-state index is 16.4. The summed E-state index contributed by atoms with van der Waals surface area (Å²) in [5, 5.41) is 3.18. The number of methoxy groups -OCH3 is 2. The molecule has 0 unspecified atom stereocenters. The van der Waals surface area contributed by atoms with Gasteiger partial charge in [-0.3, -0.25) is 0 Å². The highest BCUT2D eigenvalue weighted by atomic mass is 31.2. The van der Waals surface area contributed by atoms with E-state index >= 15 is 9.13 Å². The van der Waals surface area contributed by atoms with Crippen molar-refractivity contribution < 1.29 is 37.6 Å². The largest absolute Gasteiger partial charge is 0.493 e. The zero-order valence-corrected chi connectivity index (χ0v) is 32.7. The molecule has 0 spiro atoms. The van der Waals surface area contributed by atoms with Crippen LogP contribution in [0, 0.1) is 0 Å². The summed E-state index contributed by atoms with van der Waals surface area (Å²) in [6, 6.07) is 41.0. The monoisotopic (exact) mass is 758 g/mol. The van der Waals surface area contributed by atoms with E-state index in [-0.39, 0.29) is 11.5 Å². The Hall–Kier alpha value is -5.42. The fourth-order valence-corrected chi connectivity index (χ4v) is 13.0. The molecule has 6 aromatic carbocycles. The Kier molecular flexibility index (Phi) is 8.67. The first-order valence-corrected chi connectivity index (χ1v) is 21.0. The van der Waals surface area contributed by atoms with Crippen LogP contribution in [-0.2, 0) is 9.13 Å². The topological polar surface area (TPSA) is 89.5 Å². The quantitative estimate of drug-likeness (QED) is 0.139. The van der Waals surface area contributed by atoms with Crippen LogP contribution in [0.3, 0.4) is 0 Å². The van der Waals surface area contributed by atoms with E-state index in [1.165, 1.54) is 7.11 Å². The van der Waals surface area contributed by atoms with Crippen LogP contribution < -0.4 is 60.2 Å². The molecule has 8 rings (SSSR count). The van der Waals surface area contributed by atoms with Crippen LogP contribution >= 0.6 is 14.3 Å². The molecule has 0 fully saturated rings. The smallest absolute Gasteiger partial charge is 0.246 e. The number of hydrogen-bond acceptors (Lipinski definition) is 8. The third-order valence-corrected chi connectivity index (χ3v) is 15.7. The van der Waals surface area contributed by atoms with E-state index in [1.54, 1.807) is 40.9 Å². The van der Waals surface area contributed by atoms with Crippen LogP contribution in [0.25, 0.3) is 11.1 Å². The first-order chi connectivity index (χ1) is 25.9. The zero-order valence-electron chi connectivity index (χ0n) is 30.9. The number of hydrogen-bond donors (Lipinski definition) is 0. The maximum Gasteiger partial charge on any atom is 0.246 e. The summed E-state index contributed by atoms with van der Waals surface area (Å²) < 4.78 is 71.0. The van der Waals surface area contributed by atoms with Gasteiger partial charge < -0.3 is 37.6 Å². The average molecular weight is 759 g/mol. The molecule has 8 nitrogen and oxygen atoms in total. The molecule has 2 heterocycles. The van der Waals surface area contributed by atoms with Gasteiger partial charge in [0.05, 0.1) is 19.5 Å². The first-order valence-electron chi connectivity index (χ1n) is 17.6. The van der Waals surface area contributed by atoms with Crippen LogP contribution in [0.4, 0.5) is 0 Å². The van der Waals surface area contributed by atoms with Gasteiger partial charge in [-0.1, -0.05) is 121 Å². The summed E-state index contributed by atoms with van der Waals surface area (Å²) in [4.78, 5) is 0. The lowest BCUT2D eigenvalue weighted by molar-refractivity contribution is -0.0449. The Bertz CT molecular complexity index is 2380. The zero-order chi connectivity index (χ0) is 37.9. The van der Waals surface area contributed by atoms with Crippen molar-refractivity contribution in [2.45, 2.75) is 39.3 Å². The number of fused-ring (bicyclic) bond motifs is 2. The van der Waals surface area contributed by atoms with Gasteiger partial charge in [0.2, 0.25) is 23.1 Å². The molecule has 6 aromatic rings. The molecule has 2 aliphatic rings. The summed E-state index contributed by atoms with van der Waals surface area (Å²) in [6.45, 7) is 7.19. The molecule has 274 valence electrons. The van der Waals surface area contributed by atoms with Gasteiger partial charge >= 0.3 is 0 Å². The van der Waals surface area contributed by atoms with Crippen molar-refractivity contribution in [2.75, 3.05) is 14.2 Å². The van der Waals surface area contributed by atoms with Crippen LogP contribution in [0.5, 0.6) is 34.5 Å². The van der Waals surface area contributed by atoms with Crippen molar-refractivity contribution in [3.8, 4) is 45.6 Å². The molecule has 0 N–H and O–H groups in total. The average Bonchev–Trinajstić information content (AvgIpc) is 3.71. The normalized spacial score (nSPS) is 15.1. The van der Waals surface area contributed by atoms with E-state index in [9.17, 15) is 0 Å². The fraction of sp³-hybridized carbons (Fsp3) is 0.182. The van der Waals surface area contributed by atoms with E-state index in [2.05, 4.69) is 0 Å².